The van der Waals surface area contributed by atoms with E-state index in [0.717, 1.165) is 5.56 Å². The first-order valence-corrected chi connectivity index (χ1v) is 5.34. The van der Waals surface area contributed by atoms with E-state index in [4.69, 9.17) is 23.2 Å². The standard InChI is InChI=1S/C10H12Cl2N2O/c1-2-13-10(15)14-6-7-3-4-8(11)5-9(7)12/h3-5H,2,6H2,1H3,(H2,13,14,15). The highest BCUT2D eigenvalue weighted by molar-refractivity contribution is 6.35. The van der Waals surface area contributed by atoms with Crippen molar-refractivity contribution in [1.29, 1.82) is 0 Å². The van der Waals surface area contributed by atoms with Crippen LogP contribution in [0.2, 0.25) is 10.0 Å². The Morgan fingerprint density at radius 3 is 2.67 bits per heavy atom. The van der Waals surface area contributed by atoms with Gasteiger partial charge >= 0.3 is 6.03 Å². The maximum atomic E-state index is 11.1. The summed E-state index contributed by atoms with van der Waals surface area (Å²) in [6.07, 6.45) is 0. The summed E-state index contributed by atoms with van der Waals surface area (Å²) in [6.45, 7) is 2.84. The first-order chi connectivity index (χ1) is 7.13. The van der Waals surface area contributed by atoms with E-state index >= 15 is 0 Å². The number of benzene rings is 1. The Balaban J connectivity index is 2.54. The van der Waals surface area contributed by atoms with Gasteiger partial charge in [0.05, 0.1) is 0 Å². The van der Waals surface area contributed by atoms with E-state index in [2.05, 4.69) is 10.6 Å². The van der Waals surface area contributed by atoms with Crippen LogP contribution in [0.4, 0.5) is 4.79 Å². The average molecular weight is 247 g/mol. The number of hydrogen-bond acceptors (Lipinski definition) is 1. The molecular formula is C10H12Cl2N2O. The monoisotopic (exact) mass is 246 g/mol. The lowest BCUT2D eigenvalue weighted by Crippen LogP contribution is -2.34. The van der Waals surface area contributed by atoms with Crippen molar-refractivity contribution < 1.29 is 4.79 Å². The summed E-state index contributed by atoms with van der Waals surface area (Å²) in [7, 11) is 0. The molecule has 0 bridgehead atoms. The maximum Gasteiger partial charge on any atom is 0.315 e. The number of amides is 2. The molecule has 0 aliphatic heterocycles. The van der Waals surface area contributed by atoms with Crippen molar-refractivity contribution in [2.24, 2.45) is 0 Å². The number of halogens is 2. The van der Waals surface area contributed by atoms with Crippen molar-refractivity contribution in [3.05, 3.63) is 33.8 Å². The van der Waals surface area contributed by atoms with Crippen LogP contribution in [0, 0.1) is 0 Å². The summed E-state index contributed by atoms with van der Waals surface area (Å²) in [4.78, 5) is 11.1. The third-order valence-electron chi connectivity index (χ3n) is 1.79. The van der Waals surface area contributed by atoms with Crippen molar-refractivity contribution in [3.8, 4) is 0 Å². The number of carbonyl (C=O) groups excluding carboxylic acids is 1. The smallest absolute Gasteiger partial charge is 0.315 e. The van der Waals surface area contributed by atoms with E-state index in [9.17, 15) is 4.79 Å². The van der Waals surface area contributed by atoms with Crippen molar-refractivity contribution in [2.45, 2.75) is 13.5 Å². The van der Waals surface area contributed by atoms with Crippen LogP contribution in [-0.2, 0) is 6.54 Å². The summed E-state index contributed by atoms with van der Waals surface area (Å²) in [6, 6.07) is 4.97. The average Bonchev–Trinajstić information content (AvgIpc) is 2.17. The zero-order valence-corrected chi connectivity index (χ0v) is 9.82. The normalized spacial score (nSPS) is 9.80. The molecule has 0 aliphatic rings. The third-order valence-corrected chi connectivity index (χ3v) is 2.38. The number of carbonyl (C=O) groups is 1. The van der Waals surface area contributed by atoms with E-state index in [1.54, 1.807) is 18.2 Å². The molecule has 0 unspecified atom stereocenters. The molecule has 0 saturated carbocycles. The fourth-order valence-corrected chi connectivity index (χ4v) is 1.54. The van der Waals surface area contributed by atoms with Gasteiger partial charge in [-0.05, 0) is 24.6 Å². The molecule has 0 atom stereocenters. The zero-order chi connectivity index (χ0) is 11.3. The highest BCUT2D eigenvalue weighted by Crippen LogP contribution is 2.20. The minimum atomic E-state index is -0.205. The van der Waals surface area contributed by atoms with Crippen LogP contribution < -0.4 is 10.6 Å². The molecule has 2 N–H and O–H groups in total. The van der Waals surface area contributed by atoms with Crippen LogP contribution in [-0.4, -0.2) is 12.6 Å². The lowest BCUT2D eigenvalue weighted by molar-refractivity contribution is 0.241. The highest BCUT2D eigenvalue weighted by atomic mass is 35.5. The largest absolute Gasteiger partial charge is 0.338 e. The van der Waals surface area contributed by atoms with Crippen LogP contribution in [0.1, 0.15) is 12.5 Å². The second-order valence-corrected chi connectivity index (χ2v) is 3.79. The molecule has 2 amide bonds. The minimum absolute atomic E-state index is 0.205. The Hall–Kier alpha value is -0.930. The van der Waals surface area contributed by atoms with Crippen molar-refractivity contribution >= 4 is 29.2 Å². The molecule has 15 heavy (non-hydrogen) atoms. The zero-order valence-electron chi connectivity index (χ0n) is 8.31. The van der Waals surface area contributed by atoms with Crippen LogP contribution in [0.25, 0.3) is 0 Å². The fraction of sp³-hybridized carbons (Fsp3) is 0.300. The highest BCUT2D eigenvalue weighted by Gasteiger charge is 2.03. The Kier molecular flexibility index (Phi) is 4.72. The van der Waals surface area contributed by atoms with Gasteiger partial charge in [0.2, 0.25) is 0 Å². The SMILES string of the molecule is CCNC(=O)NCc1ccc(Cl)cc1Cl. The molecule has 0 fully saturated rings. The molecule has 3 nitrogen and oxygen atoms in total. The molecule has 0 saturated heterocycles. The Morgan fingerprint density at radius 1 is 1.33 bits per heavy atom. The summed E-state index contributed by atoms with van der Waals surface area (Å²) in [5.74, 6) is 0. The molecule has 0 spiro atoms. The number of hydrogen-bond donors (Lipinski definition) is 2. The van der Waals surface area contributed by atoms with Gasteiger partial charge in [0.15, 0.2) is 0 Å². The van der Waals surface area contributed by atoms with Gasteiger partial charge in [0.25, 0.3) is 0 Å². The third kappa shape index (κ3) is 3.98. The second-order valence-electron chi connectivity index (χ2n) is 2.95. The van der Waals surface area contributed by atoms with Gasteiger partial charge in [-0.2, -0.15) is 0 Å². The van der Waals surface area contributed by atoms with Gasteiger partial charge < -0.3 is 10.6 Å². The lowest BCUT2D eigenvalue weighted by Gasteiger charge is -2.07. The van der Waals surface area contributed by atoms with Crippen LogP contribution in [0.15, 0.2) is 18.2 Å². The fourth-order valence-electron chi connectivity index (χ4n) is 1.06. The van der Waals surface area contributed by atoms with Crippen molar-refractivity contribution in [3.63, 3.8) is 0 Å². The van der Waals surface area contributed by atoms with Gasteiger partial charge in [-0.3, -0.25) is 0 Å². The van der Waals surface area contributed by atoms with Crippen LogP contribution in [0.3, 0.4) is 0 Å². The second kappa shape index (κ2) is 5.83. The van der Waals surface area contributed by atoms with E-state index in [-0.39, 0.29) is 6.03 Å². The Labute approximate surface area is 98.8 Å². The summed E-state index contributed by atoms with van der Waals surface area (Å²) in [5.41, 5.74) is 0.840. The number of rotatable bonds is 3. The Bertz CT molecular complexity index is 355. The molecule has 0 radical (unpaired) electrons. The van der Waals surface area contributed by atoms with E-state index < -0.39 is 0 Å². The first kappa shape index (κ1) is 12.1. The van der Waals surface area contributed by atoms with Crippen LogP contribution in [0.5, 0.6) is 0 Å². The lowest BCUT2D eigenvalue weighted by atomic mass is 10.2. The van der Waals surface area contributed by atoms with Gasteiger partial charge in [-0.25, -0.2) is 4.79 Å². The summed E-state index contributed by atoms with van der Waals surface area (Å²) < 4.78 is 0. The topological polar surface area (TPSA) is 41.1 Å². The van der Waals surface area contributed by atoms with E-state index in [0.29, 0.717) is 23.1 Å². The van der Waals surface area contributed by atoms with Crippen molar-refractivity contribution in [2.75, 3.05) is 6.54 Å². The molecule has 0 heterocycles. The van der Waals surface area contributed by atoms with E-state index in [1.807, 2.05) is 6.92 Å². The van der Waals surface area contributed by atoms with E-state index in [1.165, 1.54) is 0 Å². The van der Waals surface area contributed by atoms with Crippen molar-refractivity contribution in [1.82, 2.24) is 10.6 Å². The Morgan fingerprint density at radius 2 is 2.07 bits per heavy atom. The van der Waals surface area contributed by atoms with Crippen LogP contribution >= 0.6 is 23.2 Å². The number of urea groups is 1. The predicted molar refractivity (Wildman–Crippen MR) is 62.4 cm³/mol. The molecule has 1 aromatic carbocycles. The van der Waals surface area contributed by atoms with Gasteiger partial charge in [-0.15, -0.1) is 0 Å². The molecule has 0 aliphatic carbocycles. The van der Waals surface area contributed by atoms with Gasteiger partial charge in [0, 0.05) is 23.1 Å². The minimum Gasteiger partial charge on any atom is -0.338 e. The number of nitrogens with one attached hydrogen (secondary N) is 2. The summed E-state index contributed by atoms with van der Waals surface area (Å²) >= 11 is 11.7. The maximum absolute atomic E-state index is 11.1. The predicted octanol–water partition coefficient (Wildman–Crippen LogP) is 2.81. The van der Waals surface area contributed by atoms with Gasteiger partial charge in [-0.1, -0.05) is 29.3 Å². The van der Waals surface area contributed by atoms with Gasteiger partial charge in [0.1, 0.15) is 0 Å². The molecular weight excluding hydrogens is 235 g/mol. The molecule has 5 heteroatoms. The molecule has 1 rings (SSSR count). The summed E-state index contributed by atoms with van der Waals surface area (Å²) in [5, 5.41) is 6.45. The molecule has 1 aromatic rings. The molecule has 82 valence electrons. The quantitative estimate of drug-likeness (QED) is 0.847. The molecule has 0 aromatic heterocycles. The first-order valence-electron chi connectivity index (χ1n) is 4.59.